The van der Waals surface area contributed by atoms with E-state index in [1.165, 1.54) is 6.42 Å². The van der Waals surface area contributed by atoms with E-state index in [-0.39, 0.29) is 24.8 Å². The van der Waals surface area contributed by atoms with Crippen LogP contribution in [-0.4, -0.2) is 19.7 Å². The molecule has 64 valence electrons. The highest BCUT2D eigenvalue weighted by Crippen LogP contribution is 2.05. The van der Waals surface area contributed by atoms with Crippen molar-refractivity contribution in [2.75, 3.05) is 19.7 Å². The van der Waals surface area contributed by atoms with Gasteiger partial charge in [0.25, 0.3) is 0 Å². The SMILES string of the molecule is Cl.Cl.NOC[C@H]1CCNC1. The molecule has 0 aliphatic carbocycles. The molecular weight excluding hydrogens is 175 g/mol. The van der Waals surface area contributed by atoms with Crippen LogP contribution in [0.15, 0.2) is 0 Å². The van der Waals surface area contributed by atoms with E-state index >= 15 is 0 Å². The zero-order chi connectivity index (χ0) is 5.82. The maximum atomic E-state index is 4.88. The number of nitrogens with two attached hydrogens (primary N) is 1. The van der Waals surface area contributed by atoms with Crippen LogP contribution in [0.1, 0.15) is 6.42 Å². The van der Waals surface area contributed by atoms with Gasteiger partial charge in [0.05, 0.1) is 6.61 Å². The van der Waals surface area contributed by atoms with Gasteiger partial charge in [-0.1, -0.05) is 0 Å². The lowest BCUT2D eigenvalue weighted by atomic mass is 10.1. The predicted molar refractivity (Wildman–Crippen MR) is 45.6 cm³/mol. The molecule has 0 aromatic rings. The lowest BCUT2D eigenvalue weighted by Crippen LogP contribution is -2.15. The van der Waals surface area contributed by atoms with E-state index in [2.05, 4.69) is 10.2 Å². The quantitative estimate of drug-likeness (QED) is 0.615. The number of rotatable bonds is 2. The van der Waals surface area contributed by atoms with Gasteiger partial charge in [0, 0.05) is 6.54 Å². The molecule has 1 aliphatic heterocycles. The molecule has 1 rings (SSSR count). The Labute approximate surface area is 73.5 Å². The summed E-state index contributed by atoms with van der Waals surface area (Å²) in [6.07, 6.45) is 1.21. The monoisotopic (exact) mass is 188 g/mol. The highest BCUT2D eigenvalue weighted by molar-refractivity contribution is 5.85. The van der Waals surface area contributed by atoms with Crippen LogP contribution in [0.3, 0.4) is 0 Å². The third kappa shape index (κ3) is 4.30. The first-order valence-electron chi connectivity index (χ1n) is 2.96. The summed E-state index contributed by atoms with van der Waals surface area (Å²) in [6, 6.07) is 0. The summed E-state index contributed by atoms with van der Waals surface area (Å²) in [5.74, 6) is 5.53. The van der Waals surface area contributed by atoms with Crippen LogP contribution < -0.4 is 11.2 Å². The van der Waals surface area contributed by atoms with Gasteiger partial charge in [-0.15, -0.1) is 24.8 Å². The average Bonchev–Trinajstić information content (AvgIpc) is 2.19. The van der Waals surface area contributed by atoms with E-state index < -0.39 is 0 Å². The molecule has 3 nitrogen and oxygen atoms in total. The largest absolute Gasteiger partial charge is 0.316 e. The van der Waals surface area contributed by atoms with Gasteiger partial charge < -0.3 is 10.2 Å². The minimum Gasteiger partial charge on any atom is -0.316 e. The lowest BCUT2D eigenvalue weighted by molar-refractivity contribution is 0.107. The molecule has 0 saturated carbocycles. The van der Waals surface area contributed by atoms with Crippen LogP contribution in [0.2, 0.25) is 0 Å². The first kappa shape index (κ1) is 13.1. The van der Waals surface area contributed by atoms with E-state index in [9.17, 15) is 0 Å². The van der Waals surface area contributed by atoms with Gasteiger partial charge in [0.1, 0.15) is 0 Å². The van der Waals surface area contributed by atoms with Gasteiger partial charge in [-0.05, 0) is 18.9 Å². The minimum absolute atomic E-state index is 0. The summed E-state index contributed by atoms with van der Waals surface area (Å²) in [4.78, 5) is 4.49. The Morgan fingerprint density at radius 3 is 2.60 bits per heavy atom. The number of nitrogens with one attached hydrogen (secondary N) is 1. The highest BCUT2D eigenvalue weighted by atomic mass is 35.5. The Balaban J connectivity index is 0. The molecule has 0 unspecified atom stereocenters. The van der Waals surface area contributed by atoms with Gasteiger partial charge >= 0.3 is 0 Å². The predicted octanol–water partition coefficient (Wildman–Crippen LogP) is 0.330. The molecule has 0 bridgehead atoms. The van der Waals surface area contributed by atoms with Gasteiger partial charge in [-0.2, -0.15) is 0 Å². The summed E-state index contributed by atoms with van der Waals surface area (Å²) in [5, 5.41) is 3.22. The van der Waals surface area contributed by atoms with Crippen LogP contribution in [0.25, 0.3) is 0 Å². The second-order valence-corrected chi connectivity index (χ2v) is 2.19. The van der Waals surface area contributed by atoms with Gasteiger partial charge in [-0.3, -0.25) is 0 Å². The minimum atomic E-state index is 0. The van der Waals surface area contributed by atoms with E-state index in [0.29, 0.717) is 12.5 Å². The van der Waals surface area contributed by atoms with E-state index in [1.54, 1.807) is 0 Å². The molecule has 0 aromatic heterocycles. The highest BCUT2D eigenvalue weighted by Gasteiger charge is 2.12. The summed E-state index contributed by atoms with van der Waals surface area (Å²) < 4.78 is 0. The summed E-state index contributed by atoms with van der Waals surface area (Å²) in [6.45, 7) is 2.89. The third-order valence-electron chi connectivity index (χ3n) is 1.49. The van der Waals surface area contributed by atoms with Crippen molar-refractivity contribution in [1.29, 1.82) is 0 Å². The zero-order valence-electron chi connectivity index (χ0n) is 5.71. The molecule has 10 heavy (non-hydrogen) atoms. The lowest BCUT2D eigenvalue weighted by Gasteiger charge is -2.02. The fourth-order valence-corrected chi connectivity index (χ4v) is 0.993. The fraction of sp³-hybridized carbons (Fsp3) is 1.00. The van der Waals surface area contributed by atoms with Crippen molar-refractivity contribution >= 4 is 24.8 Å². The molecule has 1 saturated heterocycles. The smallest absolute Gasteiger partial charge is 0.0720 e. The Morgan fingerprint density at radius 2 is 2.20 bits per heavy atom. The van der Waals surface area contributed by atoms with Crippen LogP contribution in [0, 0.1) is 5.92 Å². The Kier molecular flexibility index (Phi) is 9.90. The molecule has 0 spiro atoms. The Morgan fingerprint density at radius 1 is 1.50 bits per heavy atom. The molecule has 0 aromatic carbocycles. The molecule has 1 heterocycles. The van der Waals surface area contributed by atoms with E-state index in [4.69, 9.17) is 5.90 Å². The standard InChI is InChI=1S/C5H12N2O.2ClH/c6-8-4-5-1-2-7-3-5;;/h5,7H,1-4,6H2;2*1H/t5-;;/m0../s1. The summed E-state index contributed by atoms with van der Waals surface area (Å²) in [7, 11) is 0. The third-order valence-corrected chi connectivity index (χ3v) is 1.49. The van der Waals surface area contributed by atoms with E-state index in [1.807, 2.05) is 0 Å². The van der Waals surface area contributed by atoms with Gasteiger partial charge in [-0.25, -0.2) is 5.90 Å². The maximum absolute atomic E-state index is 4.88. The molecule has 1 fully saturated rings. The van der Waals surface area contributed by atoms with Crippen LogP contribution in [0.5, 0.6) is 0 Å². The first-order valence-corrected chi connectivity index (χ1v) is 2.96. The van der Waals surface area contributed by atoms with E-state index in [0.717, 1.165) is 13.1 Å². The van der Waals surface area contributed by atoms with Crippen LogP contribution in [-0.2, 0) is 4.84 Å². The molecule has 5 heteroatoms. The average molecular weight is 189 g/mol. The van der Waals surface area contributed by atoms with Crippen LogP contribution >= 0.6 is 24.8 Å². The normalized spacial score (nSPS) is 23.1. The second-order valence-electron chi connectivity index (χ2n) is 2.19. The molecular formula is C5H14Cl2N2O. The first-order chi connectivity index (χ1) is 3.93. The fourth-order valence-electron chi connectivity index (χ4n) is 0.993. The van der Waals surface area contributed by atoms with Gasteiger partial charge in [0.2, 0.25) is 0 Å². The summed E-state index contributed by atoms with van der Waals surface area (Å²) in [5.41, 5.74) is 0. The second kappa shape index (κ2) is 7.57. The molecule has 0 radical (unpaired) electrons. The number of halogens is 2. The molecule has 1 atom stereocenters. The van der Waals surface area contributed by atoms with Crippen molar-refractivity contribution in [2.45, 2.75) is 6.42 Å². The van der Waals surface area contributed by atoms with Crippen molar-refractivity contribution in [2.24, 2.45) is 11.8 Å². The maximum Gasteiger partial charge on any atom is 0.0720 e. The topological polar surface area (TPSA) is 47.3 Å². The van der Waals surface area contributed by atoms with Crippen molar-refractivity contribution in [1.82, 2.24) is 5.32 Å². The zero-order valence-corrected chi connectivity index (χ0v) is 7.34. The Bertz CT molecular complexity index is 68.7. The number of hydrogen-bond donors (Lipinski definition) is 2. The van der Waals surface area contributed by atoms with Crippen molar-refractivity contribution in [3.8, 4) is 0 Å². The Hall–Kier alpha value is 0.460. The van der Waals surface area contributed by atoms with Crippen molar-refractivity contribution in [3.63, 3.8) is 0 Å². The number of hydrogen-bond acceptors (Lipinski definition) is 3. The molecule has 3 N–H and O–H groups in total. The van der Waals surface area contributed by atoms with Gasteiger partial charge in [0.15, 0.2) is 0 Å². The molecule has 0 amide bonds. The molecule has 1 aliphatic rings. The van der Waals surface area contributed by atoms with Crippen LogP contribution in [0.4, 0.5) is 0 Å². The van der Waals surface area contributed by atoms with Crippen molar-refractivity contribution in [3.05, 3.63) is 0 Å². The van der Waals surface area contributed by atoms with Crippen molar-refractivity contribution < 1.29 is 4.84 Å². The summed E-state index contributed by atoms with van der Waals surface area (Å²) >= 11 is 0.